The summed E-state index contributed by atoms with van der Waals surface area (Å²) in [6, 6.07) is 14.0. The predicted octanol–water partition coefficient (Wildman–Crippen LogP) is 3.26. The molecular weight excluding hydrogens is 356 g/mol. The van der Waals surface area contributed by atoms with E-state index in [4.69, 9.17) is 14.2 Å². The van der Waals surface area contributed by atoms with E-state index >= 15 is 0 Å². The Kier molecular flexibility index (Phi) is 5.97. The Hall–Kier alpha value is -2.73. The van der Waals surface area contributed by atoms with E-state index in [1.54, 1.807) is 0 Å². The van der Waals surface area contributed by atoms with Crippen LogP contribution in [0.4, 0.5) is 11.4 Å². The highest BCUT2D eigenvalue weighted by Crippen LogP contribution is 2.31. The van der Waals surface area contributed by atoms with E-state index < -0.39 is 0 Å². The Morgan fingerprint density at radius 2 is 1.79 bits per heavy atom. The molecule has 28 heavy (non-hydrogen) atoms. The normalized spacial score (nSPS) is 15.9. The van der Waals surface area contributed by atoms with Crippen molar-refractivity contribution in [2.45, 2.75) is 19.3 Å². The van der Waals surface area contributed by atoms with Crippen LogP contribution in [0, 0.1) is 0 Å². The molecule has 0 saturated carbocycles. The topological polar surface area (TPSA) is 60.0 Å². The largest absolute Gasteiger partial charge is 0.486 e. The van der Waals surface area contributed by atoms with Crippen molar-refractivity contribution in [3.8, 4) is 11.5 Å². The van der Waals surface area contributed by atoms with Gasteiger partial charge in [-0.05, 0) is 48.7 Å². The SMILES string of the molecule is O=C(CCCc1ccc2c(c1)OCCO2)Nc1cccc(N2CCOCC2)c1. The summed E-state index contributed by atoms with van der Waals surface area (Å²) in [5.74, 6) is 1.64. The number of carbonyl (C=O) groups is 1. The number of morpholine rings is 1. The number of rotatable bonds is 6. The first-order valence-corrected chi connectivity index (χ1v) is 9.89. The van der Waals surface area contributed by atoms with Crippen molar-refractivity contribution < 1.29 is 19.0 Å². The van der Waals surface area contributed by atoms with Gasteiger partial charge in [-0.2, -0.15) is 0 Å². The first kappa shape index (κ1) is 18.6. The molecule has 1 N–H and O–H groups in total. The monoisotopic (exact) mass is 382 g/mol. The van der Waals surface area contributed by atoms with Gasteiger partial charge in [-0.3, -0.25) is 4.79 Å². The highest BCUT2D eigenvalue weighted by atomic mass is 16.6. The Morgan fingerprint density at radius 3 is 2.64 bits per heavy atom. The summed E-state index contributed by atoms with van der Waals surface area (Å²) in [7, 11) is 0. The second-order valence-corrected chi connectivity index (χ2v) is 7.03. The molecule has 6 heteroatoms. The van der Waals surface area contributed by atoms with E-state index in [1.807, 2.05) is 36.4 Å². The number of carbonyl (C=O) groups excluding carboxylic acids is 1. The summed E-state index contributed by atoms with van der Waals surface area (Å²) in [4.78, 5) is 14.6. The van der Waals surface area contributed by atoms with E-state index in [0.29, 0.717) is 19.6 Å². The number of aryl methyl sites for hydroxylation is 1. The van der Waals surface area contributed by atoms with Gasteiger partial charge in [-0.1, -0.05) is 12.1 Å². The highest BCUT2D eigenvalue weighted by molar-refractivity contribution is 5.91. The summed E-state index contributed by atoms with van der Waals surface area (Å²) in [6.45, 7) is 4.44. The van der Waals surface area contributed by atoms with Crippen LogP contribution in [-0.2, 0) is 16.0 Å². The number of amides is 1. The van der Waals surface area contributed by atoms with Gasteiger partial charge in [0.05, 0.1) is 13.2 Å². The summed E-state index contributed by atoms with van der Waals surface area (Å²) in [5.41, 5.74) is 3.12. The lowest BCUT2D eigenvalue weighted by Gasteiger charge is -2.29. The van der Waals surface area contributed by atoms with Crippen molar-refractivity contribution in [2.24, 2.45) is 0 Å². The lowest BCUT2D eigenvalue weighted by atomic mass is 10.1. The molecule has 0 aliphatic carbocycles. The van der Waals surface area contributed by atoms with E-state index in [9.17, 15) is 4.79 Å². The second-order valence-electron chi connectivity index (χ2n) is 7.03. The maximum Gasteiger partial charge on any atom is 0.224 e. The molecular formula is C22H26N2O4. The molecule has 2 aromatic carbocycles. The van der Waals surface area contributed by atoms with Crippen molar-refractivity contribution in [3.05, 3.63) is 48.0 Å². The second kappa shape index (κ2) is 8.97. The quantitative estimate of drug-likeness (QED) is 0.831. The van der Waals surface area contributed by atoms with Gasteiger partial charge in [0, 0.05) is 30.9 Å². The lowest BCUT2D eigenvalue weighted by Crippen LogP contribution is -2.36. The fraction of sp³-hybridized carbons (Fsp3) is 0.409. The number of nitrogens with one attached hydrogen (secondary N) is 1. The van der Waals surface area contributed by atoms with Gasteiger partial charge in [-0.25, -0.2) is 0 Å². The summed E-state index contributed by atoms with van der Waals surface area (Å²) >= 11 is 0. The highest BCUT2D eigenvalue weighted by Gasteiger charge is 2.13. The molecule has 0 radical (unpaired) electrons. The third kappa shape index (κ3) is 4.75. The number of ether oxygens (including phenoxy) is 3. The third-order valence-corrected chi connectivity index (χ3v) is 4.98. The van der Waals surface area contributed by atoms with Crippen LogP contribution in [0.15, 0.2) is 42.5 Å². The smallest absolute Gasteiger partial charge is 0.224 e. The number of anilines is 2. The number of fused-ring (bicyclic) bond motifs is 1. The molecule has 0 atom stereocenters. The average Bonchev–Trinajstić information content (AvgIpc) is 2.74. The third-order valence-electron chi connectivity index (χ3n) is 4.98. The molecule has 4 rings (SSSR count). The molecule has 1 fully saturated rings. The molecule has 0 bridgehead atoms. The van der Waals surface area contributed by atoms with Gasteiger partial charge in [-0.15, -0.1) is 0 Å². The van der Waals surface area contributed by atoms with Crippen molar-refractivity contribution in [2.75, 3.05) is 49.7 Å². The van der Waals surface area contributed by atoms with Crippen molar-refractivity contribution in [1.29, 1.82) is 0 Å². The average molecular weight is 382 g/mol. The zero-order valence-electron chi connectivity index (χ0n) is 16.0. The van der Waals surface area contributed by atoms with Crippen LogP contribution < -0.4 is 19.7 Å². The first-order valence-electron chi connectivity index (χ1n) is 9.89. The minimum absolute atomic E-state index is 0.0386. The number of hydrogen-bond acceptors (Lipinski definition) is 5. The predicted molar refractivity (Wildman–Crippen MR) is 108 cm³/mol. The molecule has 2 aromatic rings. The fourth-order valence-electron chi connectivity index (χ4n) is 3.52. The van der Waals surface area contributed by atoms with Crippen LogP contribution in [0.3, 0.4) is 0 Å². The Balaban J connectivity index is 1.26. The molecule has 1 amide bonds. The minimum Gasteiger partial charge on any atom is -0.486 e. The van der Waals surface area contributed by atoms with Crippen molar-refractivity contribution >= 4 is 17.3 Å². The molecule has 148 valence electrons. The Morgan fingerprint density at radius 1 is 0.964 bits per heavy atom. The number of nitrogens with zero attached hydrogens (tertiary/aromatic N) is 1. The molecule has 6 nitrogen and oxygen atoms in total. The first-order chi connectivity index (χ1) is 13.8. The minimum atomic E-state index is 0.0386. The van der Waals surface area contributed by atoms with Crippen LogP contribution in [0.2, 0.25) is 0 Å². The van der Waals surface area contributed by atoms with E-state index in [1.165, 1.54) is 0 Å². The molecule has 2 aliphatic heterocycles. The maximum atomic E-state index is 12.3. The molecule has 2 aliphatic rings. The van der Waals surface area contributed by atoms with Crippen LogP contribution >= 0.6 is 0 Å². The summed E-state index contributed by atoms with van der Waals surface area (Å²) in [6.07, 6.45) is 2.10. The van der Waals surface area contributed by atoms with Crippen molar-refractivity contribution in [1.82, 2.24) is 0 Å². The van der Waals surface area contributed by atoms with E-state index in [0.717, 1.165) is 67.6 Å². The molecule has 0 unspecified atom stereocenters. The standard InChI is InChI=1S/C22H26N2O4/c25-22(6-1-3-17-7-8-20-21(15-17)28-14-13-27-20)23-18-4-2-5-19(16-18)24-9-11-26-12-10-24/h2,4-5,7-8,15-16H,1,3,6,9-14H2,(H,23,25). The number of benzene rings is 2. The zero-order valence-corrected chi connectivity index (χ0v) is 16.0. The van der Waals surface area contributed by atoms with Crippen LogP contribution in [-0.4, -0.2) is 45.4 Å². The van der Waals surface area contributed by atoms with Crippen molar-refractivity contribution in [3.63, 3.8) is 0 Å². The van der Waals surface area contributed by atoms with Gasteiger partial charge in [0.15, 0.2) is 11.5 Å². The van der Waals surface area contributed by atoms with Crippen LogP contribution in [0.25, 0.3) is 0 Å². The van der Waals surface area contributed by atoms with Crippen LogP contribution in [0.5, 0.6) is 11.5 Å². The van der Waals surface area contributed by atoms with Gasteiger partial charge < -0.3 is 24.4 Å². The molecule has 0 spiro atoms. The summed E-state index contributed by atoms with van der Waals surface area (Å²) < 4.78 is 16.6. The molecule has 2 heterocycles. The molecule has 1 saturated heterocycles. The maximum absolute atomic E-state index is 12.3. The zero-order chi connectivity index (χ0) is 19.2. The Bertz CT molecular complexity index is 818. The van der Waals surface area contributed by atoms with Gasteiger partial charge >= 0.3 is 0 Å². The lowest BCUT2D eigenvalue weighted by molar-refractivity contribution is -0.116. The van der Waals surface area contributed by atoms with Gasteiger partial charge in [0.1, 0.15) is 13.2 Å². The van der Waals surface area contributed by atoms with E-state index in [2.05, 4.69) is 16.3 Å². The fourth-order valence-corrected chi connectivity index (χ4v) is 3.52. The van der Waals surface area contributed by atoms with Gasteiger partial charge in [0.2, 0.25) is 5.91 Å². The van der Waals surface area contributed by atoms with Crippen LogP contribution in [0.1, 0.15) is 18.4 Å². The van der Waals surface area contributed by atoms with E-state index in [-0.39, 0.29) is 5.91 Å². The van der Waals surface area contributed by atoms with Gasteiger partial charge in [0.25, 0.3) is 0 Å². The number of hydrogen-bond donors (Lipinski definition) is 1. The summed E-state index contributed by atoms with van der Waals surface area (Å²) in [5, 5.41) is 3.02. The Labute approximate surface area is 165 Å². The molecule has 0 aromatic heterocycles.